The van der Waals surface area contributed by atoms with Crippen LogP contribution in [-0.2, 0) is 4.79 Å². The summed E-state index contributed by atoms with van der Waals surface area (Å²) in [5.74, 6) is 0. The first-order valence-corrected chi connectivity index (χ1v) is 5.82. The van der Waals surface area contributed by atoms with E-state index in [1.54, 1.807) is 0 Å². The quantitative estimate of drug-likeness (QED) is 0.398. The molecule has 1 aliphatic carbocycles. The smallest absolute Gasteiger partial charge is 0.152 e. The molecule has 0 spiro atoms. The summed E-state index contributed by atoms with van der Waals surface area (Å²) < 4.78 is 0. The van der Waals surface area contributed by atoms with Crippen LogP contribution in [0.1, 0.15) is 19.3 Å². The molecule has 0 bridgehead atoms. The van der Waals surface area contributed by atoms with Crippen molar-refractivity contribution in [1.82, 2.24) is 9.80 Å². The normalized spacial score (nSPS) is 28.4. The van der Waals surface area contributed by atoms with E-state index in [0.29, 0.717) is 0 Å². The van der Waals surface area contributed by atoms with Crippen LogP contribution < -0.4 is 0 Å². The van der Waals surface area contributed by atoms with Crippen molar-refractivity contribution >= 4 is 17.9 Å². The molecule has 1 heterocycles. The minimum Gasteiger partial charge on any atom is -0.300 e. The highest BCUT2D eigenvalue weighted by molar-refractivity contribution is 6.27. The van der Waals surface area contributed by atoms with Crippen molar-refractivity contribution in [2.45, 2.75) is 30.8 Å². The summed E-state index contributed by atoms with van der Waals surface area (Å²) in [5.41, 5.74) is -0.418. The van der Waals surface area contributed by atoms with Gasteiger partial charge < -0.3 is 4.79 Å². The minimum absolute atomic E-state index is 0.418. The van der Waals surface area contributed by atoms with Gasteiger partial charge in [-0.3, -0.25) is 9.80 Å². The van der Waals surface area contributed by atoms with Crippen molar-refractivity contribution in [3.63, 3.8) is 0 Å². The van der Waals surface area contributed by atoms with Crippen LogP contribution in [0.4, 0.5) is 0 Å². The molecule has 1 saturated carbocycles. The molecule has 0 aromatic rings. The molecule has 3 nitrogen and oxygen atoms in total. The van der Waals surface area contributed by atoms with E-state index in [1.165, 1.54) is 19.3 Å². The number of halogens is 1. The lowest BCUT2D eigenvalue weighted by Gasteiger charge is -2.43. The summed E-state index contributed by atoms with van der Waals surface area (Å²) >= 11 is 5.86. The summed E-state index contributed by atoms with van der Waals surface area (Å²) in [6.07, 6.45) is 4.92. The Hall–Kier alpha value is -0.120. The van der Waals surface area contributed by atoms with Gasteiger partial charge in [-0.1, -0.05) is 18.0 Å². The second-order valence-corrected chi connectivity index (χ2v) is 4.61. The maximum atomic E-state index is 10.5. The highest BCUT2D eigenvalue weighted by atomic mass is 35.5. The van der Waals surface area contributed by atoms with Crippen molar-refractivity contribution < 1.29 is 4.79 Å². The van der Waals surface area contributed by atoms with Crippen LogP contribution in [0.5, 0.6) is 0 Å². The lowest BCUT2D eigenvalue weighted by molar-refractivity contribution is -0.110. The van der Waals surface area contributed by atoms with Crippen LogP contribution in [-0.4, -0.2) is 53.8 Å². The standard InChI is InChI=1S/C10H17ClN2O/c11-10(8-14)13-6-4-12(5-7-13)9-2-1-3-9/h8-10H,1-7H2. The van der Waals surface area contributed by atoms with Crippen LogP contribution in [0.3, 0.4) is 0 Å². The summed E-state index contributed by atoms with van der Waals surface area (Å²) in [7, 11) is 0. The Morgan fingerprint density at radius 3 is 2.29 bits per heavy atom. The maximum Gasteiger partial charge on any atom is 0.152 e. The van der Waals surface area contributed by atoms with Crippen molar-refractivity contribution in [3.05, 3.63) is 0 Å². The van der Waals surface area contributed by atoms with Crippen LogP contribution in [0.2, 0.25) is 0 Å². The molecule has 2 aliphatic rings. The number of rotatable bonds is 3. The second-order valence-electron chi connectivity index (χ2n) is 4.17. The largest absolute Gasteiger partial charge is 0.300 e. The summed E-state index contributed by atoms with van der Waals surface area (Å²) in [6.45, 7) is 4.01. The van der Waals surface area contributed by atoms with Gasteiger partial charge in [0.2, 0.25) is 0 Å². The number of nitrogens with zero attached hydrogens (tertiary/aromatic N) is 2. The van der Waals surface area contributed by atoms with Crippen molar-refractivity contribution in [2.24, 2.45) is 0 Å². The third-order valence-electron chi connectivity index (χ3n) is 3.40. The van der Waals surface area contributed by atoms with E-state index in [0.717, 1.165) is 38.5 Å². The fraction of sp³-hybridized carbons (Fsp3) is 0.900. The fourth-order valence-corrected chi connectivity index (χ4v) is 2.38. The third-order valence-corrected chi connectivity index (χ3v) is 3.78. The van der Waals surface area contributed by atoms with Gasteiger partial charge in [0.25, 0.3) is 0 Å². The molecule has 1 aliphatic heterocycles. The van der Waals surface area contributed by atoms with Gasteiger partial charge in [0.15, 0.2) is 6.29 Å². The zero-order chi connectivity index (χ0) is 9.97. The lowest BCUT2D eigenvalue weighted by Crippen LogP contribution is -2.53. The molecule has 1 saturated heterocycles. The van der Waals surface area contributed by atoms with Gasteiger partial charge in [-0.25, -0.2) is 0 Å². The molecule has 0 aromatic heterocycles. The highest BCUT2D eigenvalue weighted by Crippen LogP contribution is 2.25. The summed E-state index contributed by atoms with van der Waals surface area (Å²) in [4.78, 5) is 15.1. The van der Waals surface area contributed by atoms with E-state index < -0.39 is 5.50 Å². The lowest BCUT2D eigenvalue weighted by atomic mass is 9.91. The highest BCUT2D eigenvalue weighted by Gasteiger charge is 2.29. The first-order chi connectivity index (χ1) is 6.81. The van der Waals surface area contributed by atoms with Gasteiger partial charge in [0.1, 0.15) is 5.50 Å². The van der Waals surface area contributed by atoms with Crippen LogP contribution >= 0.6 is 11.6 Å². The van der Waals surface area contributed by atoms with Crippen molar-refractivity contribution in [2.75, 3.05) is 26.2 Å². The molecular formula is C10H17ClN2O. The van der Waals surface area contributed by atoms with Gasteiger partial charge in [-0.05, 0) is 12.8 Å². The molecule has 1 atom stereocenters. The van der Waals surface area contributed by atoms with Gasteiger partial charge in [-0.2, -0.15) is 0 Å². The number of carbonyl (C=O) groups excluding carboxylic acids is 1. The molecule has 2 rings (SSSR count). The number of alkyl halides is 1. The Morgan fingerprint density at radius 1 is 1.21 bits per heavy atom. The number of hydrogen-bond donors (Lipinski definition) is 0. The fourth-order valence-electron chi connectivity index (χ4n) is 2.19. The Kier molecular flexibility index (Phi) is 3.42. The number of hydrogen-bond acceptors (Lipinski definition) is 3. The number of piperazine rings is 1. The minimum atomic E-state index is -0.418. The van der Waals surface area contributed by atoms with Crippen molar-refractivity contribution in [3.8, 4) is 0 Å². The molecule has 1 unspecified atom stereocenters. The first kappa shape index (κ1) is 10.4. The van der Waals surface area contributed by atoms with E-state index in [2.05, 4.69) is 4.90 Å². The monoisotopic (exact) mass is 216 g/mol. The average molecular weight is 217 g/mol. The topological polar surface area (TPSA) is 23.6 Å². The Bertz CT molecular complexity index is 200. The number of aldehydes is 1. The molecule has 0 amide bonds. The molecular weight excluding hydrogens is 200 g/mol. The van der Waals surface area contributed by atoms with E-state index in [1.807, 2.05) is 4.90 Å². The van der Waals surface area contributed by atoms with Gasteiger partial charge >= 0.3 is 0 Å². The Balaban J connectivity index is 1.76. The van der Waals surface area contributed by atoms with Gasteiger partial charge in [0, 0.05) is 32.2 Å². The summed E-state index contributed by atoms with van der Waals surface area (Å²) in [6, 6.07) is 0.821. The van der Waals surface area contributed by atoms with E-state index in [-0.39, 0.29) is 0 Å². The van der Waals surface area contributed by atoms with E-state index in [9.17, 15) is 4.79 Å². The molecule has 0 aromatic carbocycles. The van der Waals surface area contributed by atoms with Gasteiger partial charge in [-0.15, -0.1) is 0 Å². The SMILES string of the molecule is O=CC(Cl)N1CCN(C2CCC2)CC1. The predicted molar refractivity (Wildman–Crippen MR) is 56.5 cm³/mol. The zero-order valence-electron chi connectivity index (χ0n) is 8.36. The molecule has 80 valence electrons. The predicted octanol–water partition coefficient (Wildman–Crippen LogP) is 0.920. The zero-order valence-corrected chi connectivity index (χ0v) is 9.12. The van der Waals surface area contributed by atoms with Crippen LogP contribution in [0, 0.1) is 0 Å². The Morgan fingerprint density at radius 2 is 1.86 bits per heavy atom. The molecule has 2 fully saturated rings. The maximum absolute atomic E-state index is 10.5. The molecule has 14 heavy (non-hydrogen) atoms. The molecule has 0 radical (unpaired) electrons. The van der Waals surface area contributed by atoms with Crippen LogP contribution in [0.15, 0.2) is 0 Å². The van der Waals surface area contributed by atoms with Crippen LogP contribution in [0.25, 0.3) is 0 Å². The second kappa shape index (κ2) is 4.60. The number of carbonyl (C=O) groups is 1. The van der Waals surface area contributed by atoms with Gasteiger partial charge in [0.05, 0.1) is 0 Å². The van der Waals surface area contributed by atoms with E-state index >= 15 is 0 Å². The molecule has 4 heteroatoms. The van der Waals surface area contributed by atoms with E-state index in [4.69, 9.17) is 11.6 Å². The first-order valence-electron chi connectivity index (χ1n) is 5.39. The van der Waals surface area contributed by atoms with Crippen molar-refractivity contribution in [1.29, 1.82) is 0 Å². The summed E-state index contributed by atoms with van der Waals surface area (Å²) in [5, 5.41) is 0. The molecule has 0 N–H and O–H groups in total. The third kappa shape index (κ3) is 2.10. The Labute approximate surface area is 90.0 Å². The average Bonchev–Trinajstić information content (AvgIpc) is 2.15.